The van der Waals surface area contributed by atoms with E-state index in [1.54, 1.807) is 6.92 Å². The van der Waals surface area contributed by atoms with Gasteiger partial charge in [-0.2, -0.15) is 0 Å². The van der Waals surface area contributed by atoms with Crippen LogP contribution in [0.4, 0.5) is 0 Å². The van der Waals surface area contributed by atoms with Crippen LogP contribution in [0.5, 0.6) is 0 Å². The molecular weight excluding hydrogens is 188 g/mol. The second-order valence-electron chi connectivity index (χ2n) is 3.08. The molecule has 12 heavy (non-hydrogen) atoms. The Hall–Kier alpha value is -0.0757. The Morgan fingerprint density at radius 1 is 1.17 bits per heavy atom. The number of carbonyl (C=O) groups excluding carboxylic acids is 1. The van der Waals surface area contributed by atoms with E-state index in [4.69, 9.17) is 4.74 Å². The smallest absolute Gasteiger partial charge is 0.333 e. The molecule has 0 fully saturated rings. The number of ether oxygens (including phenoxy) is 1. The van der Waals surface area contributed by atoms with Crippen molar-refractivity contribution in [3.05, 3.63) is 11.1 Å². The molecule has 0 saturated heterocycles. The molecule has 0 aromatic heterocycles. The van der Waals surface area contributed by atoms with Gasteiger partial charge in [-0.05, 0) is 34.6 Å². The molecule has 0 unspecified atom stereocenters. The number of esters is 1. The second kappa shape index (κ2) is 6.44. The first-order valence-electron chi connectivity index (χ1n) is 3.80. The summed E-state index contributed by atoms with van der Waals surface area (Å²) in [5.74, 6) is -0.208. The Balaban J connectivity index is 0. The minimum absolute atomic E-state index is 0. The maximum atomic E-state index is 11.1. The van der Waals surface area contributed by atoms with Crippen molar-refractivity contribution in [3.8, 4) is 0 Å². The van der Waals surface area contributed by atoms with E-state index in [-0.39, 0.29) is 33.8 Å². The third-order valence-electron chi connectivity index (χ3n) is 1.40. The molecule has 2 nitrogen and oxygen atoms in total. The predicted molar refractivity (Wildman–Crippen MR) is 45.3 cm³/mol. The van der Waals surface area contributed by atoms with E-state index in [1.165, 1.54) is 0 Å². The quantitative estimate of drug-likeness (QED) is 0.392. The molecule has 0 spiro atoms. The molecule has 0 aliphatic rings. The first-order valence-corrected chi connectivity index (χ1v) is 3.80. The van der Waals surface area contributed by atoms with Gasteiger partial charge in [0.05, 0.1) is 6.10 Å². The van der Waals surface area contributed by atoms with Crippen LogP contribution in [0, 0.1) is 0 Å². The van der Waals surface area contributed by atoms with Crippen molar-refractivity contribution >= 4 is 5.97 Å². The fourth-order valence-electron chi connectivity index (χ4n) is 0.507. The van der Waals surface area contributed by atoms with Gasteiger partial charge in [-0.1, -0.05) is 5.57 Å². The standard InChI is InChI=1S/C9H16O2.Ti/c1-6(2)8(5)9(10)11-7(3)4;/h7H,1-5H3;. The van der Waals surface area contributed by atoms with Crippen molar-refractivity contribution in [2.75, 3.05) is 0 Å². The molecule has 0 N–H and O–H groups in total. The van der Waals surface area contributed by atoms with Gasteiger partial charge in [-0.25, -0.2) is 4.79 Å². The molecule has 0 aromatic carbocycles. The zero-order chi connectivity index (χ0) is 9.02. The molecule has 0 rings (SSSR count). The maximum absolute atomic E-state index is 11.1. The largest absolute Gasteiger partial charge is 0.460 e. The van der Waals surface area contributed by atoms with Crippen molar-refractivity contribution in [3.63, 3.8) is 0 Å². The molecule has 0 aliphatic carbocycles. The molecule has 3 heteroatoms. The van der Waals surface area contributed by atoms with E-state index in [9.17, 15) is 4.79 Å². The molecule has 0 aliphatic heterocycles. The van der Waals surface area contributed by atoms with Crippen LogP contribution in [0.3, 0.4) is 0 Å². The number of allylic oxidation sites excluding steroid dienone is 1. The van der Waals surface area contributed by atoms with Gasteiger partial charge in [0.2, 0.25) is 0 Å². The third-order valence-corrected chi connectivity index (χ3v) is 1.40. The van der Waals surface area contributed by atoms with Gasteiger partial charge in [-0.15, -0.1) is 0 Å². The summed E-state index contributed by atoms with van der Waals surface area (Å²) in [7, 11) is 0. The normalized spacial score (nSPS) is 8.83. The molecule has 0 radical (unpaired) electrons. The molecule has 0 saturated carbocycles. The maximum Gasteiger partial charge on any atom is 0.333 e. The molecule has 0 bridgehead atoms. The summed E-state index contributed by atoms with van der Waals surface area (Å²) in [5, 5.41) is 0. The monoisotopic (exact) mass is 204 g/mol. The van der Waals surface area contributed by atoms with Crippen molar-refractivity contribution in [1.82, 2.24) is 0 Å². The number of carbonyl (C=O) groups is 1. The summed E-state index contributed by atoms with van der Waals surface area (Å²) in [5.41, 5.74) is 1.72. The summed E-state index contributed by atoms with van der Waals surface area (Å²) in [4.78, 5) is 11.1. The third kappa shape index (κ3) is 5.56. The Kier molecular flexibility index (Phi) is 7.76. The van der Waals surface area contributed by atoms with Gasteiger partial charge >= 0.3 is 5.97 Å². The molecule has 0 atom stereocenters. The number of hydrogen-bond donors (Lipinski definition) is 0. The van der Waals surface area contributed by atoms with Crippen LogP contribution in [-0.4, -0.2) is 12.1 Å². The van der Waals surface area contributed by atoms with Gasteiger partial charge in [0.25, 0.3) is 0 Å². The van der Waals surface area contributed by atoms with Gasteiger partial charge in [0, 0.05) is 27.3 Å². The zero-order valence-corrected chi connectivity index (χ0v) is 9.96. The van der Waals surface area contributed by atoms with Crippen LogP contribution < -0.4 is 0 Å². The van der Waals surface area contributed by atoms with Crippen LogP contribution in [0.2, 0.25) is 0 Å². The minimum Gasteiger partial charge on any atom is -0.460 e. The first kappa shape index (κ1) is 14.4. The number of hydrogen-bond acceptors (Lipinski definition) is 2. The van der Waals surface area contributed by atoms with Gasteiger partial charge < -0.3 is 4.74 Å². The first-order chi connectivity index (χ1) is 4.95. The summed E-state index contributed by atoms with van der Waals surface area (Å²) in [6.45, 7) is 9.26. The van der Waals surface area contributed by atoms with E-state index in [0.717, 1.165) is 5.57 Å². The summed E-state index contributed by atoms with van der Waals surface area (Å²) < 4.78 is 4.98. The van der Waals surface area contributed by atoms with Gasteiger partial charge in [0.1, 0.15) is 0 Å². The van der Waals surface area contributed by atoms with Crippen molar-refractivity contribution < 1.29 is 31.2 Å². The zero-order valence-electron chi connectivity index (χ0n) is 8.39. The van der Waals surface area contributed by atoms with Crippen molar-refractivity contribution in [1.29, 1.82) is 0 Å². The molecule has 0 aromatic rings. The minimum atomic E-state index is -0.208. The van der Waals surface area contributed by atoms with E-state index < -0.39 is 0 Å². The Bertz CT molecular complexity index is 179. The Morgan fingerprint density at radius 2 is 1.58 bits per heavy atom. The summed E-state index contributed by atoms with van der Waals surface area (Å²) >= 11 is 0. The van der Waals surface area contributed by atoms with E-state index in [1.807, 2.05) is 27.7 Å². The average molecular weight is 204 g/mol. The Labute approximate surface area is 89.3 Å². The molecule has 0 heterocycles. The topological polar surface area (TPSA) is 26.3 Å². The predicted octanol–water partition coefficient (Wildman–Crippen LogP) is 2.29. The van der Waals surface area contributed by atoms with Crippen LogP contribution in [-0.2, 0) is 31.2 Å². The van der Waals surface area contributed by atoms with Crippen LogP contribution in [0.1, 0.15) is 34.6 Å². The van der Waals surface area contributed by atoms with Crippen molar-refractivity contribution in [2.45, 2.75) is 40.7 Å². The van der Waals surface area contributed by atoms with E-state index in [0.29, 0.717) is 5.57 Å². The average Bonchev–Trinajstić information content (AvgIpc) is 1.84. The molecular formula is C9H16O2Ti. The SMILES string of the molecule is CC(C)=C(C)C(=O)OC(C)C.[Ti]. The summed E-state index contributed by atoms with van der Waals surface area (Å²) in [6.07, 6.45) is -0.0307. The fraction of sp³-hybridized carbons (Fsp3) is 0.667. The van der Waals surface area contributed by atoms with Gasteiger partial charge in [0.15, 0.2) is 0 Å². The number of rotatable bonds is 2. The molecule has 68 valence electrons. The molecule has 0 amide bonds. The van der Waals surface area contributed by atoms with Crippen LogP contribution >= 0.6 is 0 Å². The Morgan fingerprint density at radius 3 is 1.83 bits per heavy atom. The van der Waals surface area contributed by atoms with E-state index >= 15 is 0 Å². The summed E-state index contributed by atoms with van der Waals surface area (Å²) in [6, 6.07) is 0. The van der Waals surface area contributed by atoms with Crippen molar-refractivity contribution in [2.24, 2.45) is 0 Å². The van der Waals surface area contributed by atoms with E-state index in [2.05, 4.69) is 0 Å². The second-order valence-corrected chi connectivity index (χ2v) is 3.08. The van der Waals surface area contributed by atoms with Crippen LogP contribution in [0.15, 0.2) is 11.1 Å². The van der Waals surface area contributed by atoms with Crippen LogP contribution in [0.25, 0.3) is 0 Å². The fourth-order valence-corrected chi connectivity index (χ4v) is 0.507. The van der Waals surface area contributed by atoms with Gasteiger partial charge in [-0.3, -0.25) is 0 Å².